The summed E-state index contributed by atoms with van der Waals surface area (Å²) in [5.74, 6) is 0.295. The van der Waals surface area contributed by atoms with Crippen molar-refractivity contribution in [2.45, 2.75) is 38.1 Å². The van der Waals surface area contributed by atoms with Gasteiger partial charge in [-0.3, -0.25) is 9.69 Å². The van der Waals surface area contributed by atoms with E-state index in [0.29, 0.717) is 5.78 Å². The number of aryl methyl sites for hydroxylation is 1. The monoisotopic (exact) mass is 231 g/mol. The highest BCUT2D eigenvalue weighted by atomic mass is 16.1. The molecule has 1 aliphatic carbocycles. The van der Waals surface area contributed by atoms with Crippen LogP contribution < -0.4 is 0 Å². The van der Waals surface area contributed by atoms with E-state index in [-0.39, 0.29) is 5.54 Å². The minimum atomic E-state index is -0.256. The SMILES string of the molecule is Cc1cccc(C(=O)C2(N(C)C)CCCC2)c1. The third-order valence-corrected chi connectivity index (χ3v) is 3.99. The van der Waals surface area contributed by atoms with Gasteiger partial charge >= 0.3 is 0 Å². The molecule has 1 aliphatic rings. The van der Waals surface area contributed by atoms with E-state index in [0.717, 1.165) is 36.8 Å². The van der Waals surface area contributed by atoms with Gasteiger partial charge < -0.3 is 0 Å². The average molecular weight is 231 g/mol. The topological polar surface area (TPSA) is 20.3 Å². The summed E-state index contributed by atoms with van der Waals surface area (Å²) in [4.78, 5) is 14.8. The summed E-state index contributed by atoms with van der Waals surface area (Å²) in [5.41, 5.74) is 1.76. The van der Waals surface area contributed by atoms with Crippen LogP contribution in [0.15, 0.2) is 24.3 Å². The summed E-state index contributed by atoms with van der Waals surface area (Å²) >= 11 is 0. The number of carbonyl (C=O) groups excluding carboxylic acids is 1. The molecule has 0 amide bonds. The lowest BCUT2D eigenvalue weighted by molar-refractivity contribution is 0.0693. The molecule has 0 bridgehead atoms. The molecular weight excluding hydrogens is 210 g/mol. The van der Waals surface area contributed by atoms with Crippen molar-refractivity contribution in [3.63, 3.8) is 0 Å². The molecule has 1 saturated carbocycles. The summed E-state index contributed by atoms with van der Waals surface area (Å²) in [5, 5.41) is 0. The number of benzene rings is 1. The summed E-state index contributed by atoms with van der Waals surface area (Å²) in [6, 6.07) is 7.96. The number of hydrogen-bond donors (Lipinski definition) is 0. The number of nitrogens with zero attached hydrogens (tertiary/aromatic N) is 1. The summed E-state index contributed by atoms with van der Waals surface area (Å²) in [6.07, 6.45) is 4.31. The molecule has 1 fully saturated rings. The number of carbonyl (C=O) groups is 1. The zero-order chi connectivity index (χ0) is 12.5. The molecule has 0 radical (unpaired) electrons. The molecule has 0 saturated heterocycles. The number of rotatable bonds is 3. The lowest BCUT2D eigenvalue weighted by Gasteiger charge is -2.34. The molecule has 1 aromatic rings. The molecule has 2 nitrogen and oxygen atoms in total. The third-order valence-electron chi connectivity index (χ3n) is 3.99. The number of ketones is 1. The molecule has 0 atom stereocenters. The van der Waals surface area contributed by atoms with Gasteiger partial charge in [0, 0.05) is 5.56 Å². The lowest BCUT2D eigenvalue weighted by atomic mass is 9.86. The van der Waals surface area contributed by atoms with Crippen molar-refractivity contribution in [2.75, 3.05) is 14.1 Å². The first-order chi connectivity index (χ1) is 8.06. The Balaban J connectivity index is 2.35. The molecule has 0 spiro atoms. The first-order valence-corrected chi connectivity index (χ1v) is 6.35. The van der Waals surface area contributed by atoms with Crippen LogP contribution in [0.2, 0.25) is 0 Å². The molecule has 0 heterocycles. The fourth-order valence-corrected chi connectivity index (χ4v) is 2.89. The van der Waals surface area contributed by atoms with Crippen LogP contribution in [-0.4, -0.2) is 30.3 Å². The third kappa shape index (κ3) is 2.14. The second-order valence-electron chi connectivity index (χ2n) is 5.33. The minimum Gasteiger partial charge on any atom is -0.297 e. The first kappa shape index (κ1) is 12.3. The molecule has 2 rings (SSSR count). The van der Waals surface area contributed by atoms with Gasteiger partial charge in [0.1, 0.15) is 0 Å². The summed E-state index contributed by atoms with van der Waals surface area (Å²) < 4.78 is 0. The second-order valence-corrected chi connectivity index (χ2v) is 5.33. The molecule has 17 heavy (non-hydrogen) atoms. The molecule has 0 unspecified atom stereocenters. The van der Waals surface area contributed by atoms with Crippen LogP contribution in [0.1, 0.15) is 41.6 Å². The molecule has 0 aliphatic heterocycles. The highest BCUT2D eigenvalue weighted by Gasteiger charge is 2.43. The second kappa shape index (κ2) is 4.61. The van der Waals surface area contributed by atoms with Gasteiger partial charge in [0.25, 0.3) is 0 Å². The minimum absolute atomic E-state index is 0.256. The fourth-order valence-electron chi connectivity index (χ4n) is 2.89. The van der Waals surface area contributed by atoms with Crippen LogP contribution in [-0.2, 0) is 0 Å². The molecule has 2 heteroatoms. The van der Waals surface area contributed by atoms with E-state index >= 15 is 0 Å². The molecule has 1 aromatic carbocycles. The summed E-state index contributed by atoms with van der Waals surface area (Å²) in [7, 11) is 4.05. The van der Waals surface area contributed by atoms with Crippen molar-refractivity contribution in [3.8, 4) is 0 Å². The van der Waals surface area contributed by atoms with Gasteiger partial charge in [-0.2, -0.15) is 0 Å². The molecule has 0 aromatic heterocycles. The Morgan fingerprint density at radius 2 is 1.88 bits per heavy atom. The van der Waals surface area contributed by atoms with Crippen LogP contribution in [0.5, 0.6) is 0 Å². The van der Waals surface area contributed by atoms with Crippen molar-refractivity contribution in [3.05, 3.63) is 35.4 Å². The van der Waals surface area contributed by atoms with E-state index in [4.69, 9.17) is 0 Å². The van der Waals surface area contributed by atoms with Crippen molar-refractivity contribution < 1.29 is 4.79 Å². The quantitative estimate of drug-likeness (QED) is 0.745. The van der Waals surface area contributed by atoms with Gasteiger partial charge in [-0.15, -0.1) is 0 Å². The zero-order valence-corrected chi connectivity index (χ0v) is 11.0. The van der Waals surface area contributed by atoms with Crippen molar-refractivity contribution in [2.24, 2.45) is 0 Å². The molecular formula is C15H21NO. The number of likely N-dealkylation sites (N-methyl/N-ethyl adjacent to an activating group) is 1. The van der Waals surface area contributed by atoms with Crippen molar-refractivity contribution >= 4 is 5.78 Å². The van der Waals surface area contributed by atoms with Crippen LogP contribution in [0.3, 0.4) is 0 Å². The van der Waals surface area contributed by atoms with E-state index < -0.39 is 0 Å². The van der Waals surface area contributed by atoms with Gasteiger partial charge in [-0.25, -0.2) is 0 Å². The summed E-state index contributed by atoms with van der Waals surface area (Å²) in [6.45, 7) is 2.04. The van der Waals surface area contributed by atoms with Gasteiger partial charge in [-0.05, 0) is 39.9 Å². The Morgan fingerprint density at radius 1 is 1.24 bits per heavy atom. The maximum absolute atomic E-state index is 12.7. The Labute approximate surface area is 104 Å². The van der Waals surface area contributed by atoms with E-state index in [2.05, 4.69) is 4.90 Å². The zero-order valence-electron chi connectivity index (χ0n) is 11.0. The van der Waals surface area contributed by atoms with Gasteiger partial charge in [-0.1, -0.05) is 36.6 Å². The van der Waals surface area contributed by atoms with Gasteiger partial charge in [0.2, 0.25) is 0 Å². The number of hydrogen-bond acceptors (Lipinski definition) is 2. The van der Waals surface area contributed by atoms with E-state index in [1.807, 2.05) is 45.3 Å². The normalized spacial score (nSPS) is 18.6. The van der Waals surface area contributed by atoms with Crippen LogP contribution in [0.25, 0.3) is 0 Å². The fraction of sp³-hybridized carbons (Fsp3) is 0.533. The van der Waals surface area contributed by atoms with Crippen LogP contribution in [0.4, 0.5) is 0 Å². The van der Waals surface area contributed by atoms with E-state index in [9.17, 15) is 4.79 Å². The first-order valence-electron chi connectivity index (χ1n) is 6.35. The number of Topliss-reactive ketones (excluding diaryl/α,β-unsaturated/α-hetero) is 1. The average Bonchev–Trinajstić information content (AvgIpc) is 2.78. The predicted octanol–water partition coefficient (Wildman–Crippen LogP) is 3.05. The Bertz CT molecular complexity index is 417. The van der Waals surface area contributed by atoms with Crippen LogP contribution in [0, 0.1) is 6.92 Å². The predicted molar refractivity (Wildman–Crippen MR) is 70.4 cm³/mol. The van der Waals surface area contributed by atoms with Crippen molar-refractivity contribution in [1.29, 1.82) is 0 Å². The highest BCUT2D eigenvalue weighted by Crippen LogP contribution is 2.36. The largest absolute Gasteiger partial charge is 0.297 e. The Morgan fingerprint density at radius 3 is 2.41 bits per heavy atom. The maximum Gasteiger partial charge on any atom is 0.183 e. The Kier molecular flexibility index (Phi) is 3.34. The van der Waals surface area contributed by atoms with E-state index in [1.165, 1.54) is 0 Å². The van der Waals surface area contributed by atoms with Crippen molar-refractivity contribution in [1.82, 2.24) is 4.90 Å². The van der Waals surface area contributed by atoms with Gasteiger partial charge in [0.15, 0.2) is 5.78 Å². The smallest absolute Gasteiger partial charge is 0.183 e. The lowest BCUT2D eigenvalue weighted by Crippen LogP contribution is -2.48. The van der Waals surface area contributed by atoms with E-state index in [1.54, 1.807) is 0 Å². The molecule has 92 valence electrons. The van der Waals surface area contributed by atoms with Gasteiger partial charge in [0.05, 0.1) is 5.54 Å². The Hall–Kier alpha value is -1.15. The molecule has 0 N–H and O–H groups in total. The standard InChI is InChI=1S/C15H21NO/c1-12-7-6-8-13(11-12)14(17)15(16(2)3)9-4-5-10-15/h6-8,11H,4-5,9-10H2,1-3H3. The van der Waals surface area contributed by atoms with Crippen LogP contribution >= 0.6 is 0 Å². The highest BCUT2D eigenvalue weighted by molar-refractivity contribution is 6.03. The maximum atomic E-state index is 12.7.